The Bertz CT molecular complexity index is 3140. The minimum atomic E-state index is 0.636. The van der Waals surface area contributed by atoms with Gasteiger partial charge in [0, 0.05) is 33.4 Å². The molecule has 0 atom stereocenters. The van der Waals surface area contributed by atoms with Crippen molar-refractivity contribution >= 4 is 21.5 Å². The van der Waals surface area contributed by atoms with Gasteiger partial charge in [0.2, 0.25) is 0 Å². The highest BCUT2D eigenvalue weighted by Gasteiger charge is 2.21. The zero-order valence-electron chi connectivity index (χ0n) is 30.3. The van der Waals surface area contributed by atoms with Crippen LogP contribution in [-0.4, -0.2) is 0 Å². The van der Waals surface area contributed by atoms with Crippen molar-refractivity contribution in [3.8, 4) is 130 Å². The Labute approximate surface area is 328 Å². The highest BCUT2D eigenvalue weighted by molar-refractivity contribution is 6.21. The van der Waals surface area contributed by atoms with E-state index in [0.29, 0.717) is 33.4 Å². The normalized spacial score (nSPS) is 10.4. The average molecular weight is 703 g/mol. The Morgan fingerprint density at radius 2 is 0.714 bits per heavy atom. The summed E-state index contributed by atoms with van der Waals surface area (Å²) < 4.78 is 0. The van der Waals surface area contributed by atoms with Crippen LogP contribution in [0.2, 0.25) is 0 Å². The summed E-state index contributed by atoms with van der Waals surface area (Å²) in [6, 6.07) is 49.7. The van der Waals surface area contributed by atoms with E-state index in [4.69, 9.17) is 38.5 Å². The van der Waals surface area contributed by atoms with Gasteiger partial charge in [-0.2, -0.15) is 0 Å². The van der Waals surface area contributed by atoms with Gasteiger partial charge in [0.25, 0.3) is 0 Å². The fourth-order valence-electron chi connectivity index (χ4n) is 7.84. The van der Waals surface area contributed by atoms with E-state index < -0.39 is 0 Å². The predicted molar refractivity (Wildman–Crippen MR) is 236 cm³/mol. The fourth-order valence-corrected chi connectivity index (χ4v) is 7.84. The highest BCUT2D eigenvalue weighted by atomic mass is 14.2. The van der Waals surface area contributed by atoms with Crippen molar-refractivity contribution in [3.05, 3.63) is 179 Å². The van der Waals surface area contributed by atoms with Crippen molar-refractivity contribution in [1.29, 1.82) is 0 Å². The standard InChI is InChI=1S/C56H30/c1-7-37-30-31-42(34-40(37)10-4)41-22-17-23-43(35-41)55-50-24-13-15-26-52(50)56(53-27-16-14-25-51(53)55)44-32-33-49(47-28-18-20-38(8-2)45(47)11-5)54(36-44)48-29-19-21-39(9-3)46(48)12-6/h1-6,13-36H. The van der Waals surface area contributed by atoms with Crippen LogP contribution in [0, 0.1) is 74.1 Å². The Kier molecular flexibility index (Phi) is 9.03. The van der Waals surface area contributed by atoms with E-state index in [2.05, 4.69) is 127 Å². The largest absolute Gasteiger partial charge is 0.115 e. The molecule has 0 aliphatic heterocycles. The third-order valence-corrected chi connectivity index (χ3v) is 10.4. The summed E-state index contributed by atoms with van der Waals surface area (Å²) in [5, 5.41) is 4.44. The number of benzene rings is 8. The van der Waals surface area contributed by atoms with Gasteiger partial charge in [-0.15, -0.1) is 38.5 Å². The lowest BCUT2D eigenvalue weighted by atomic mass is 9.82. The van der Waals surface area contributed by atoms with Crippen molar-refractivity contribution in [2.45, 2.75) is 0 Å². The molecule has 0 radical (unpaired) electrons. The molecule has 0 nitrogen and oxygen atoms in total. The summed E-state index contributed by atoms with van der Waals surface area (Å²) in [5.41, 5.74) is 13.8. The second-order valence-electron chi connectivity index (χ2n) is 13.3. The maximum absolute atomic E-state index is 6.18. The van der Waals surface area contributed by atoms with Crippen LogP contribution < -0.4 is 0 Å². The third-order valence-electron chi connectivity index (χ3n) is 10.4. The molecule has 0 saturated heterocycles. The molecule has 0 heterocycles. The van der Waals surface area contributed by atoms with Gasteiger partial charge in [0.1, 0.15) is 0 Å². The minimum absolute atomic E-state index is 0.636. The zero-order chi connectivity index (χ0) is 38.8. The Morgan fingerprint density at radius 1 is 0.268 bits per heavy atom. The van der Waals surface area contributed by atoms with Crippen LogP contribution in [0.4, 0.5) is 0 Å². The van der Waals surface area contributed by atoms with Gasteiger partial charge in [-0.05, 0) is 114 Å². The van der Waals surface area contributed by atoms with E-state index in [1.54, 1.807) is 0 Å². The van der Waals surface area contributed by atoms with Crippen LogP contribution in [-0.2, 0) is 0 Å². The van der Waals surface area contributed by atoms with Gasteiger partial charge in [-0.25, -0.2) is 0 Å². The van der Waals surface area contributed by atoms with Crippen molar-refractivity contribution in [3.63, 3.8) is 0 Å². The first-order valence-corrected chi connectivity index (χ1v) is 17.9. The molecule has 0 aliphatic rings. The summed E-state index contributed by atoms with van der Waals surface area (Å²) in [7, 11) is 0. The van der Waals surface area contributed by atoms with E-state index in [1.165, 1.54) is 0 Å². The van der Waals surface area contributed by atoms with E-state index >= 15 is 0 Å². The fraction of sp³-hybridized carbons (Fsp3) is 0. The third kappa shape index (κ3) is 5.76. The first-order chi connectivity index (χ1) is 27.5. The van der Waals surface area contributed by atoms with Gasteiger partial charge in [-0.1, -0.05) is 145 Å². The van der Waals surface area contributed by atoms with E-state index in [-0.39, 0.29) is 0 Å². The topological polar surface area (TPSA) is 0 Å². The number of hydrogen-bond donors (Lipinski definition) is 0. The quantitative estimate of drug-likeness (QED) is 0.124. The summed E-state index contributed by atoms with van der Waals surface area (Å²) in [6.45, 7) is 0. The molecule has 0 saturated carbocycles. The second kappa shape index (κ2) is 14.6. The summed E-state index contributed by atoms with van der Waals surface area (Å²) in [5.74, 6) is 16.7. The highest BCUT2D eigenvalue weighted by Crippen LogP contribution is 2.46. The lowest BCUT2D eigenvalue weighted by Crippen LogP contribution is -1.96. The Balaban J connectivity index is 1.42. The Hall–Kier alpha value is -8.36. The minimum Gasteiger partial charge on any atom is -0.115 e. The van der Waals surface area contributed by atoms with Gasteiger partial charge < -0.3 is 0 Å². The smallest absolute Gasteiger partial charge is 0.0477 e. The molecule has 0 fully saturated rings. The molecule has 0 heteroatoms. The molecule has 56 heavy (non-hydrogen) atoms. The first kappa shape index (κ1) is 34.7. The van der Waals surface area contributed by atoms with Crippen molar-refractivity contribution in [1.82, 2.24) is 0 Å². The molecular weight excluding hydrogens is 673 g/mol. The number of rotatable bonds is 5. The van der Waals surface area contributed by atoms with Crippen LogP contribution in [0.25, 0.3) is 77.2 Å². The number of terminal acetylenes is 6. The molecule has 0 spiro atoms. The van der Waals surface area contributed by atoms with Crippen LogP contribution >= 0.6 is 0 Å². The lowest BCUT2D eigenvalue weighted by molar-refractivity contribution is 1.52. The SMILES string of the molecule is C#Cc1ccc(-c2cccc(-c3c4ccccc4c(-c4ccc(-c5cccc(C#C)c5C#C)c(-c5cccc(C#C)c5C#C)c4)c4ccccc34)c2)cc1C#C. The maximum Gasteiger partial charge on any atom is 0.0477 e. The molecule has 0 N–H and O–H groups in total. The first-order valence-electron chi connectivity index (χ1n) is 17.9. The zero-order valence-corrected chi connectivity index (χ0v) is 30.3. The van der Waals surface area contributed by atoms with Crippen molar-refractivity contribution in [2.24, 2.45) is 0 Å². The monoisotopic (exact) mass is 702 g/mol. The summed E-state index contributed by atoms with van der Waals surface area (Å²) in [6.07, 6.45) is 35.7. The summed E-state index contributed by atoms with van der Waals surface area (Å²) >= 11 is 0. The molecule has 8 aromatic rings. The van der Waals surface area contributed by atoms with Gasteiger partial charge >= 0.3 is 0 Å². The van der Waals surface area contributed by atoms with E-state index in [9.17, 15) is 0 Å². The molecule has 0 aliphatic carbocycles. The van der Waals surface area contributed by atoms with Gasteiger partial charge in [0.15, 0.2) is 0 Å². The van der Waals surface area contributed by atoms with Gasteiger partial charge in [-0.3, -0.25) is 0 Å². The number of fused-ring (bicyclic) bond motifs is 2. The second-order valence-corrected chi connectivity index (χ2v) is 13.3. The molecule has 8 rings (SSSR count). The van der Waals surface area contributed by atoms with E-state index in [1.807, 2.05) is 54.6 Å². The maximum atomic E-state index is 6.18. The predicted octanol–water partition coefficient (Wildman–Crippen LogP) is 12.2. The van der Waals surface area contributed by atoms with Crippen LogP contribution in [0.1, 0.15) is 33.4 Å². The van der Waals surface area contributed by atoms with Gasteiger partial charge in [0.05, 0.1) is 0 Å². The lowest BCUT2D eigenvalue weighted by Gasteiger charge is -2.20. The molecule has 0 unspecified atom stereocenters. The molecular formula is C56H30. The molecule has 0 amide bonds. The molecule has 0 aromatic heterocycles. The number of hydrogen-bond acceptors (Lipinski definition) is 0. The average Bonchev–Trinajstić information content (AvgIpc) is 3.26. The molecule has 0 bridgehead atoms. The van der Waals surface area contributed by atoms with Crippen LogP contribution in [0.3, 0.4) is 0 Å². The summed E-state index contributed by atoms with van der Waals surface area (Å²) in [4.78, 5) is 0. The van der Waals surface area contributed by atoms with Crippen molar-refractivity contribution in [2.75, 3.05) is 0 Å². The molecule has 8 aromatic carbocycles. The van der Waals surface area contributed by atoms with Crippen LogP contribution in [0.5, 0.6) is 0 Å². The van der Waals surface area contributed by atoms with E-state index in [0.717, 1.165) is 77.2 Å². The Morgan fingerprint density at radius 3 is 1.23 bits per heavy atom. The van der Waals surface area contributed by atoms with Crippen LogP contribution in [0.15, 0.2) is 146 Å². The molecule has 254 valence electrons. The van der Waals surface area contributed by atoms with Crippen molar-refractivity contribution < 1.29 is 0 Å².